The van der Waals surface area contributed by atoms with E-state index in [1.165, 1.54) is 24.4 Å². The molecular formula is C19H22F2N4O3. The summed E-state index contributed by atoms with van der Waals surface area (Å²) in [4.78, 5) is 26.3. The van der Waals surface area contributed by atoms with E-state index in [0.717, 1.165) is 12.8 Å². The average molecular weight is 392 g/mol. The van der Waals surface area contributed by atoms with Gasteiger partial charge >= 0.3 is 5.82 Å². The summed E-state index contributed by atoms with van der Waals surface area (Å²) in [5, 5.41) is 13.6. The zero-order valence-corrected chi connectivity index (χ0v) is 15.6. The maximum absolute atomic E-state index is 14.3. The van der Waals surface area contributed by atoms with Crippen molar-refractivity contribution in [2.24, 2.45) is 0 Å². The predicted molar refractivity (Wildman–Crippen MR) is 97.7 cm³/mol. The van der Waals surface area contributed by atoms with Gasteiger partial charge in [0.15, 0.2) is 0 Å². The molecule has 3 rings (SSSR count). The molecule has 0 aliphatic heterocycles. The highest BCUT2D eigenvalue weighted by Gasteiger charge is 2.40. The molecular weight excluding hydrogens is 370 g/mol. The number of hydrogen-bond acceptors (Lipinski definition) is 4. The van der Waals surface area contributed by atoms with Gasteiger partial charge in [0.1, 0.15) is 17.8 Å². The van der Waals surface area contributed by atoms with Crippen LogP contribution in [0.15, 0.2) is 24.4 Å². The molecule has 1 saturated carbocycles. The minimum Gasteiger partial charge on any atom is -0.358 e. The van der Waals surface area contributed by atoms with Crippen molar-refractivity contribution in [3.05, 3.63) is 57.5 Å². The Labute approximate surface area is 160 Å². The first-order valence-electron chi connectivity index (χ1n) is 9.22. The van der Waals surface area contributed by atoms with Crippen molar-refractivity contribution in [2.45, 2.75) is 51.0 Å². The van der Waals surface area contributed by atoms with Crippen molar-refractivity contribution >= 4 is 11.7 Å². The number of hydrogen-bond donors (Lipinski definition) is 1. The van der Waals surface area contributed by atoms with Crippen LogP contribution in [0.1, 0.15) is 43.5 Å². The maximum Gasteiger partial charge on any atom is 0.381 e. The summed E-state index contributed by atoms with van der Waals surface area (Å²) < 4.78 is 30.2. The van der Waals surface area contributed by atoms with Crippen LogP contribution in [0, 0.1) is 28.7 Å². The number of carbonyl (C=O) groups is 1. The zero-order chi connectivity index (χ0) is 20.3. The van der Waals surface area contributed by atoms with E-state index >= 15 is 0 Å². The molecule has 1 amide bonds. The normalized spacial score (nSPS) is 15.5. The fourth-order valence-corrected chi connectivity index (χ4v) is 3.96. The number of aryl methyl sites for hydroxylation is 2. The standard InChI is InChI=1S/C19H22F2N4O3/c1-13-23-16(25(27)28)11-24(13)10-7-17(26)22-12-19(8-2-3-9-19)18-14(20)5-4-6-15(18)21/h4-6,11H,2-3,7-10,12H2,1H3,(H,22,26). The van der Waals surface area contributed by atoms with Crippen molar-refractivity contribution in [1.29, 1.82) is 0 Å². The van der Waals surface area contributed by atoms with E-state index in [0.29, 0.717) is 18.7 Å². The molecule has 1 aliphatic carbocycles. The second kappa shape index (κ2) is 8.04. The Morgan fingerprint density at radius 2 is 1.96 bits per heavy atom. The van der Waals surface area contributed by atoms with Gasteiger partial charge in [0.25, 0.3) is 0 Å². The van der Waals surface area contributed by atoms with Crippen LogP contribution in [-0.4, -0.2) is 26.9 Å². The van der Waals surface area contributed by atoms with Crippen LogP contribution in [0.4, 0.5) is 14.6 Å². The molecule has 0 atom stereocenters. The Morgan fingerprint density at radius 3 is 2.54 bits per heavy atom. The van der Waals surface area contributed by atoms with Gasteiger partial charge in [-0.15, -0.1) is 0 Å². The van der Waals surface area contributed by atoms with E-state index in [2.05, 4.69) is 10.3 Å². The lowest BCUT2D eigenvalue weighted by molar-refractivity contribution is -0.389. The van der Waals surface area contributed by atoms with Gasteiger partial charge in [0.05, 0.1) is 0 Å². The Kier molecular flexibility index (Phi) is 5.71. The van der Waals surface area contributed by atoms with E-state index in [1.54, 1.807) is 11.5 Å². The van der Waals surface area contributed by atoms with Gasteiger partial charge in [0, 0.05) is 37.4 Å². The van der Waals surface area contributed by atoms with Gasteiger partial charge in [-0.25, -0.2) is 8.78 Å². The summed E-state index contributed by atoms with van der Waals surface area (Å²) in [5.41, 5.74) is -0.691. The van der Waals surface area contributed by atoms with Crippen molar-refractivity contribution in [1.82, 2.24) is 14.9 Å². The summed E-state index contributed by atoms with van der Waals surface area (Å²) in [6.45, 7) is 2.02. The number of imidazole rings is 1. The van der Waals surface area contributed by atoms with Crippen molar-refractivity contribution in [2.75, 3.05) is 6.54 Å². The third-order valence-electron chi connectivity index (χ3n) is 5.41. The Morgan fingerprint density at radius 1 is 1.32 bits per heavy atom. The summed E-state index contributed by atoms with van der Waals surface area (Å²) in [6, 6.07) is 3.83. The second-order valence-electron chi connectivity index (χ2n) is 7.21. The van der Waals surface area contributed by atoms with E-state index in [4.69, 9.17) is 0 Å². The monoisotopic (exact) mass is 392 g/mol. The van der Waals surface area contributed by atoms with Gasteiger partial charge in [-0.3, -0.25) is 4.79 Å². The lowest BCUT2D eigenvalue weighted by Crippen LogP contribution is -2.40. The quantitative estimate of drug-likeness (QED) is 0.578. The van der Waals surface area contributed by atoms with Crippen molar-refractivity contribution in [3.8, 4) is 0 Å². The number of halogens is 2. The van der Waals surface area contributed by atoms with Crippen LogP contribution in [0.5, 0.6) is 0 Å². The molecule has 1 aliphatic rings. The molecule has 150 valence electrons. The fourth-order valence-electron chi connectivity index (χ4n) is 3.96. The highest BCUT2D eigenvalue weighted by Crippen LogP contribution is 2.42. The van der Waals surface area contributed by atoms with Crippen LogP contribution in [0.2, 0.25) is 0 Å². The molecule has 9 heteroatoms. The second-order valence-corrected chi connectivity index (χ2v) is 7.21. The lowest BCUT2D eigenvalue weighted by Gasteiger charge is -2.30. The number of carbonyl (C=O) groups excluding carboxylic acids is 1. The molecule has 0 bridgehead atoms. The first-order chi connectivity index (χ1) is 13.3. The average Bonchev–Trinajstić information content (AvgIpc) is 3.26. The molecule has 2 aromatic rings. The van der Waals surface area contributed by atoms with Crippen LogP contribution < -0.4 is 5.32 Å². The molecule has 1 aromatic carbocycles. The van der Waals surface area contributed by atoms with E-state index in [1.807, 2.05) is 0 Å². The van der Waals surface area contributed by atoms with Crippen LogP contribution in [0.25, 0.3) is 0 Å². The summed E-state index contributed by atoms with van der Waals surface area (Å²) in [6.07, 6.45) is 4.29. The maximum atomic E-state index is 14.3. The first-order valence-corrected chi connectivity index (χ1v) is 9.22. The number of nitrogens with zero attached hydrogens (tertiary/aromatic N) is 3. The number of nitro groups is 1. The Bertz CT molecular complexity index is 871. The summed E-state index contributed by atoms with van der Waals surface area (Å²) >= 11 is 0. The van der Waals surface area contributed by atoms with E-state index in [-0.39, 0.29) is 36.8 Å². The van der Waals surface area contributed by atoms with Gasteiger partial charge in [0.2, 0.25) is 11.7 Å². The number of amides is 1. The fraction of sp³-hybridized carbons (Fsp3) is 0.474. The van der Waals surface area contributed by atoms with Gasteiger partial charge in [-0.2, -0.15) is 0 Å². The molecule has 0 unspecified atom stereocenters. The minimum atomic E-state index is -0.741. The molecule has 0 spiro atoms. The van der Waals surface area contributed by atoms with E-state index in [9.17, 15) is 23.7 Å². The molecule has 1 heterocycles. The molecule has 0 saturated heterocycles. The van der Waals surface area contributed by atoms with Crippen LogP contribution in [0.3, 0.4) is 0 Å². The molecule has 28 heavy (non-hydrogen) atoms. The van der Waals surface area contributed by atoms with Crippen LogP contribution in [-0.2, 0) is 16.8 Å². The SMILES string of the molecule is Cc1nc([N+](=O)[O-])cn1CCC(=O)NCC1(c2c(F)cccc2F)CCCC1. The molecule has 0 radical (unpaired) electrons. The lowest BCUT2D eigenvalue weighted by atomic mass is 9.78. The largest absolute Gasteiger partial charge is 0.381 e. The number of aromatic nitrogens is 2. The smallest absolute Gasteiger partial charge is 0.358 e. The minimum absolute atomic E-state index is 0.0499. The Hall–Kier alpha value is -2.84. The topological polar surface area (TPSA) is 90.1 Å². The molecule has 1 aromatic heterocycles. The molecule has 1 fully saturated rings. The predicted octanol–water partition coefficient (Wildman–Crippen LogP) is 3.40. The Balaban J connectivity index is 1.65. The zero-order valence-electron chi connectivity index (χ0n) is 15.6. The van der Waals surface area contributed by atoms with Crippen molar-refractivity contribution in [3.63, 3.8) is 0 Å². The molecule has 7 nitrogen and oxygen atoms in total. The van der Waals surface area contributed by atoms with Crippen molar-refractivity contribution < 1.29 is 18.5 Å². The number of rotatable bonds is 7. The summed E-state index contributed by atoms with van der Waals surface area (Å²) in [5.74, 6) is -1.27. The number of benzene rings is 1. The highest BCUT2D eigenvalue weighted by molar-refractivity contribution is 5.76. The highest BCUT2D eigenvalue weighted by atomic mass is 19.1. The third-order valence-corrected chi connectivity index (χ3v) is 5.41. The van der Waals surface area contributed by atoms with Gasteiger partial charge in [-0.05, 0) is 34.9 Å². The number of nitrogens with one attached hydrogen (secondary N) is 1. The molecule has 1 N–H and O–H groups in total. The van der Waals surface area contributed by atoms with Gasteiger partial charge in [-0.1, -0.05) is 18.9 Å². The summed E-state index contributed by atoms with van der Waals surface area (Å²) in [7, 11) is 0. The third kappa shape index (κ3) is 4.02. The van der Waals surface area contributed by atoms with E-state index < -0.39 is 22.0 Å². The van der Waals surface area contributed by atoms with Gasteiger partial charge < -0.3 is 20.0 Å². The van der Waals surface area contributed by atoms with Crippen LogP contribution >= 0.6 is 0 Å². The first kappa shape index (κ1) is 19.9.